The van der Waals surface area contributed by atoms with Gasteiger partial charge in [0.1, 0.15) is 0 Å². The molecule has 0 spiro atoms. The van der Waals surface area contributed by atoms with Crippen molar-refractivity contribution in [2.24, 2.45) is 7.05 Å². The minimum absolute atomic E-state index is 0. The van der Waals surface area contributed by atoms with Gasteiger partial charge in [0.2, 0.25) is 0 Å². The quantitative estimate of drug-likeness (QED) is 0.571. The summed E-state index contributed by atoms with van der Waals surface area (Å²) in [5.74, 6) is 0.938. The van der Waals surface area contributed by atoms with Gasteiger partial charge in [-0.05, 0) is 5.56 Å². The van der Waals surface area contributed by atoms with Gasteiger partial charge in [0.15, 0.2) is 0 Å². The summed E-state index contributed by atoms with van der Waals surface area (Å²) in [6.45, 7) is 0. The number of hydrogen-bond donors (Lipinski definition) is 0. The van der Waals surface area contributed by atoms with E-state index in [1.807, 2.05) is 42.1 Å². The summed E-state index contributed by atoms with van der Waals surface area (Å²) in [5, 5.41) is 0. The van der Waals surface area contributed by atoms with Crippen LogP contribution >= 0.6 is 0 Å². The summed E-state index contributed by atoms with van der Waals surface area (Å²) in [6.07, 6.45) is 3.75. The van der Waals surface area contributed by atoms with E-state index in [0.29, 0.717) is 0 Å². The Kier molecular flexibility index (Phi) is 4.34. The molecule has 0 N–H and O–H groups in total. The maximum atomic E-state index is 4.35. The molecule has 2 nitrogen and oxygen atoms in total. The zero-order chi connectivity index (χ0) is 12.4. The minimum Gasteiger partial charge on any atom is -0.373 e. The van der Waals surface area contributed by atoms with Crippen molar-refractivity contribution in [1.29, 1.82) is 0 Å². The molecule has 1 heterocycles. The number of aromatic nitrogens is 2. The van der Waals surface area contributed by atoms with Gasteiger partial charge in [0.25, 0.3) is 0 Å². The smallest absolute Gasteiger partial charge is 0.0555 e. The summed E-state index contributed by atoms with van der Waals surface area (Å²) in [6, 6.07) is 19.7. The van der Waals surface area contributed by atoms with Crippen LogP contribution in [0.3, 0.4) is 0 Å². The first-order chi connectivity index (χ1) is 8.84. The largest absolute Gasteiger partial charge is 0.373 e. The predicted octanol–water partition coefficient (Wildman–Crippen LogP) is 3.55. The Balaban J connectivity index is 0.00000133. The summed E-state index contributed by atoms with van der Waals surface area (Å²) in [5.41, 5.74) is 3.41. The van der Waals surface area contributed by atoms with Crippen molar-refractivity contribution >= 4 is 0 Å². The average molecular weight is 428 g/mol. The molecule has 0 fully saturated rings. The van der Waals surface area contributed by atoms with Gasteiger partial charge in [-0.2, -0.15) is 0 Å². The van der Waals surface area contributed by atoms with Gasteiger partial charge in [0.05, 0.1) is 5.82 Å². The Hall–Kier alpha value is -1.66. The van der Waals surface area contributed by atoms with Crippen molar-refractivity contribution in [3.63, 3.8) is 0 Å². The normalized spacial score (nSPS) is 9.95. The average Bonchev–Trinajstić information content (AvgIpc) is 2.86. The fourth-order valence-corrected chi connectivity index (χ4v) is 2.03. The second-order valence-corrected chi connectivity index (χ2v) is 4.22. The standard InChI is InChI=1S/C16H13N2.Pt/c1-18-11-10-17-16(18)15-9-5-8-14(12-15)13-6-3-2-4-7-13;/h2-8,10-12H,1H3;/q-1;. The Labute approximate surface area is 127 Å². The molecule has 1 aromatic heterocycles. The first-order valence-corrected chi connectivity index (χ1v) is 5.89. The van der Waals surface area contributed by atoms with Crippen LogP contribution in [0.1, 0.15) is 0 Å². The molecule has 0 aliphatic heterocycles. The molecule has 98 valence electrons. The molecular formula is C16H13N2Pt-. The molecule has 3 aromatic rings. The van der Waals surface area contributed by atoms with E-state index in [4.69, 9.17) is 0 Å². The van der Waals surface area contributed by atoms with E-state index in [1.165, 1.54) is 11.1 Å². The summed E-state index contributed by atoms with van der Waals surface area (Å²) in [4.78, 5) is 4.35. The maximum absolute atomic E-state index is 4.35. The van der Waals surface area contributed by atoms with Gasteiger partial charge < -0.3 is 4.57 Å². The number of benzene rings is 2. The van der Waals surface area contributed by atoms with E-state index < -0.39 is 0 Å². The fourth-order valence-electron chi connectivity index (χ4n) is 2.03. The van der Waals surface area contributed by atoms with Crippen molar-refractivity contribution < 1.29 is 21.1 Å². The van der Waals surface area contributed by atoms with Crippen LogP contribution in [0.15, 0.2) is 60.9 Å². The van der Waals surface area contributed by atoms with E-state index in [9.17, 15) is 0 Å². The molecule has 0 saturated carbocycles. The Morgan fingerprint density at radius 2 is 1.84 bits per heavy atom. The van der Waals surface area contributed by atoms with Crippen LogP contribution in [0.2, 0.25) is 0 Å². The second kappa shape index (κ2) is 5.99. The number of nitrogens with zero attached hydrogens (tertiary/aromatic N) is 2. The van der Waals surface area contributed by atoms with Gasteiger partial charge in [-0.25, -0.2) is 0 Å². The molecule has 0 amide bonds. The molecule has 3 heteroatoms. The Morgan fingerprint density at radius 1 is 1.05 bits per heavy atom. The van der Waals surface area contributed by atoms with Crippen LogP contribution in [-0.2, 0) is 28.1 Å². The number of hydrogen-bond acceptors (Lipinski definition) is 1. The SMILES string of the molecule is Cn1ccnc1-c1[c-]ccc(-c2ccccc2)c1.[Pt]. The molecule has 0 saturated heterocycles. The molecule has 0 aliphatic rings. The van der Waals surface area contributed by atoms with Crippen molar-refractivity contribution in [1.82, 2.24) is 9.55 Å². The van der Waals surface area contributed by atoms with Crippen molar-refractivity contribution in [3.8, 4) is 22.5 Å². The van der Waals surface area contributed by atoms with Gasteiger partial charge in [-0.15, -0.1) is 35.4 Å². The monoisotopic (exact) mass is 428 g/mol. The Bertz CT molecular complexity index is 659. The Morgan fingerprint density at radius 3 is 2.53 bits per heavy atom. The van der Waals surface area contributed by atoms with Crippen LogP contribution < -0.4 is 0 Å². The molecule has 19 heavy (non-hydrogen) atoms. The van der Waals surface area contributed by atoms with Crippen molar-refractivity contribution in [2.75, 3.05) is 0 Å². The predicted molar refractivity (Wildman–Crippen MR) is 72.9 cm³/mol. The third-order valence-corrected chi connectivity index (χ3v) is 2.97. The molecule has 0 unspecified atom stereocenters. The molecule has 0 aliphatic carbocycles. The van der Waals surface area contributed by atoms with E-state index in [-0.39, 0.29) is 21.1 Å². The van der Waals surface area contributed by atoms with Crippen LogP contribution in [0.4, 0.5) is 0 Å². The van der Waals surface area contributed by atoms with Crippen LogP contribution in [0, 0.1) is 6.07 Å². The first-order valence-electron chi connectivity index (χ1n) is 5.89. The molecular weight excluding hydrogens is 415 g/mol. The third-order valence-electron chi connectivity index (χ3n) is 2.97. The van der Waals surface area contributed by atoms with E-state index in [2.05, 4.69) is 35.3 Å². The van der Waals surface area contributed by atoms with Crippen LogP contribution in [-0.4, -0.2) is 9.55 Å². The summed E-state index contributed by atoms with van der Waals surface area (Å²) >= 11 is 0. The topological polar surface area (TPSA) is 17.8 Å². The fraction of sp³-hybridized carbons (Fsp3) is 0.0625. The number of imidazole rings is 1. The van der Waals surface area contributed by atoms with E-state index in [1.54, 1.807) is 6.20 Å². The van der Waals surface area contributed by atoms with Gasteiger partial charge >= 0.3 is 0 Å². The summed E-state index contributed by atoms with van der Waals surface area (Å²) < 4.78 is 2.00. The zero-order valence-corrected chi connectivity index (χ0v) is 12.8. The van der Waals surface area contributed by atoms with Crippen LogP contribution in [0.25, 0.3) is 22.5 Å². The number of rotatable bonds is 2. The molecule has 0 atom stereocenters. The van der Waals surface area contributed by atoms with Crippen molar-refractivity contribution in [3.05, 3.63) is 67.0 Å². The second-order valence-electron chi connectivity index (χ2n) is 4.22. The third kappa shape index (κ3) is 2.85. The van der Waals surface area contributed by atoms with Crippen molar-refractivity contribution in [2.45, 2.75) is 0 Å². The molecule has 0 radical (unpaired) electrons. The summed E-state index contributed by atoms with van der Waals surface area (Å²) in [7, 11) is 1.99. The number of aryl methyl sites for hydroxylation is 1. The maximum Gasteiger partial charge on any atom is 0.0555 e. The minimum atomic E-state index is 0. The van der Waals surface area contributed by atoms with E-state index in [0.717, 1.165) is 11.4 Å². The zero-order valence-electron chi connectivity index (χ0n) is 10.5. The molecule has 2 aromatic carbocycles. The molecule has 3 rings (SSSR count). The van der Waals surface area contributed by atoms with E-state index >= 15 is 0 Å². The first kappa shape index (κ1) is 13.8. The molecule has 0 bridgehead atoms. The van der Waals surface area contributed by atoms with Gasteiger partial charge in [0, 0.05) is 40.5 Å². The van der Waals surface area contributed by atoms with Crippen LogP contribution in [0.5, 0.6) is 0 Å². The van der Waals surface area contributed by atoms with Gasteiger partial charge in [-0.3, -0.25) is 4.98 Å². The van der Waals surface area contributed by atoms with Gasteiger partial charge in [-0.1, -0.05) is 30.3 Å².